The lowest BCUT2D eigenvalue weighted by Crippen LogP contribution is -2.30. The van der Waals surface area contributed by atoms with Gasteiger partial charge < -0.3 is 15.8 Å². The molecular weight excluding hydrogens is 146 g/mol. The fraction of sp³-hybridized carbons (Fsp3) is 0.667. The topological polar surface area (TPSA) is 78.9 Å². The zero-order valence-electron chi connectivity index (χ0n) is 6.74. The summed E-state index contributed by atoms with van der Waals surface area (Å²) in [7, 11) is 1.66. The van der Waals surface area contributed by atoms with Crippen molar-refractivity contribution in [2.75, 3.05) is 13.6 Å². The van der Waals surface area contributed by atoms with E-state index < -0.39 is 0 Å². The number of nitrogens with two attached hydrogens (primary N) is 1. The summed E-state index contributed by atoms with van der Waals surface area (Å²) in [5.74, 6) is -0.210. The second-order valence-corrected chi connectivity index (χ2v) is 2.18. The SMILES string of the molecule is CCN(C)C(=O)C/C(N)=N/O. The van der Waals surface area contributed by atoms with Gasteiger partial charge in [0.25, 0.3) is 0 Å². The summed E-state index contributed by atoms with van der Waals surface area (Å²) in [6, 6.07) is 0. The van der Waals surface area contributed by atoms with Gasteiger partial charge >= 0.3 is 0 Å². The van der Waals surface area contributed by atoms with Crippen LogP contribution >= 0.6 is 0 Å². The van der Waals surface area contributed by atoms with E-state index in [1.807, 2.05) is 6.92 Å². The normalized spacial score (nSPS) is 11.3. The highest BCUT2D eigenvalue weighted by Gasteiger charge is 2.08. The molecule has 0 radical (unpaired) electrons. The summed E-state index contributed by atoms with van der Waals surface area (Å²) in [6.07, 6.45) is -0.0269. The van der Waals surface area contributed by atoms with Gasteiger partial charge in [-0.3, -0.25) is 4.79 Å². The molecule has 0 unspecified atom stereocenters. The van der Waals surface area contributed by atoms with Crippen LogP contribution in [0.3, 0.4) is 0 Å². The quantitative estimate of drug-likeness (QED) is 0.254. The molecule has 0 heterocycles. The van der Waals surface area contributed by atoms with E-state index in [0.29, 0.717) is 6.54 Å². The minimum atomic E-state index is -0.150. The Bertz CT molecular complexity index is 167. The number of oxime groups is 1. The van der Waals surface area contributed by atoms with Gasteiger partial charge in [-0.25, -0.2) is 0 Å². The van der Waals surface area contributed by atoms with Crippen molar-refractivity contribution in [3.8, 4) is 0 Å². The van der Waals surface area contributed by atoms with Gasteiger partial charge in [0.15, 0.2) is 0 Å². The number of carbonyl (C=O) groups is 1. The molecule has 11 heavy (non-hydrogen) atoms. The Morgan fingerprint density at radius 3 is 2.64 bits per heavy atom. The third-order valence-electron chi connectivity index (χ3n) is 1.36. The summed E-state index contributed by atoms with van der Waals surface area (Å²) in [5.41, 5.74) is 5.12. The molecule has 0 aromatic carbocycles. The van der Waals surface area contributed by atoms with E-state index in [2.05, 4.69) is 5.16 Å². The minimum Gasteiger partial charge on any atom is -0.409 e. The molecule has 5 heteroatoms. The second kappa shape index (κ2) is 4.54. The van der Waals surface area contributed by atoms with Crippen LogP contribution in [0.2, 0.25) is 0 Å². The van der Waals surface area contributed by atoms with Crippen LogP contribution < -0.4 is 5.73 Å². The van der Waals surface area contributed by atoms with Crippen LogP contribution in [0.5, 0.6) is 0 Å². The van der Waals surface area contributed by atoms with Gasteiger partial charge in [0.1, 0.15) is 5.84 Å². The van der Waals surface area contributed by atoms with Gasteiger partial charge in [0.2, 0.25) is 5.91 Å². The summed E-state index contributed by atoms with van der Waals surface area (Å²) < 4.78 is 0. The molecule has 0 aliphatic rings. The summed E-state index contributed by atoms with van der Waals surface area (Å²) >= 11 is 0. The van der Waals surface area contributed by atoms with Crippen LogP contribution in [0.1, 0.15) is 13.3 Å². The first-order chi connectivity index (χ1) is 5.11. The number of hydrogen-bond acceptors (Lipinski definition) is 3. The molecule has 1 amide bonds. The number of amides is 1. The molecule has 0 spiro atoms. The van der Waals surface area contributed by atoms with Crippen molar-refractivity contribution in [1.29, 1.82) is 0 Å². The summed E-state index contributed by atoms with van der Waals surface area (Å²) in [4.78, 5) is 12.5. The summed E-state index contributed by atoms with van der Waals surface area (Å²) in [6.45, 7) is 2.47. The molecular formula is C6H13N3O2. The highest BCUT2D eigenvalue weighted by atomic mass is 16.4. The third kappa shape index (κ3) is 3.44. The van der Waals surface area contributed by atoms with Crippen molar-refractivity contribution in [1.82, 2.24) is 4.90 Å². The molecule has 0 atom stereocenters. The Hall–Kier alpha value is -1.26. The predicted octanol–water partition coefficient (Wildman–Crippen LogP) is -0.399. The van der Waals surface area contributed by atoms with Crippen molar-refractivity contribution in [3.05, 3.63) is 0 Å². The number of nitrogens with zero attached hydrogens (tertiary/aromatic N) is 2. The molecule has 0 aromatic heterocycles. The monoisotopic (exact) mass is 159 g/mol. The Balaban J connectivity index is 3.87. The number of carbonyl (C=O) groups excluding carboxylic acids is 1. The van der Waals surface area contributed by atoms with Crippen LogP contribution in [0.4, 0.5) is 0 Å². The molecule has 0 aliphatic carbocycles. The van der Waals surface area contributed by atoms with Gasteiger partial charge in [0, 0.05) is 13.6 Å². The molecule has 0 bridgehead atoms. The summed E-state index contributed by atoms with van der Waals surface area (Å²) in [5, 5.41) is 10.8. The fourth-order valence-corrected chi connectivity index (χ4v) is 0.502. The fourth-order valence-electron chi connectivity index (χ4n) is 0.502. The predicted molar refractivity (Wildman–Crippen MR) is 41.3 cm³/mol. The highest BCUT2D eigenvalue weighted by molar-refractivity contribution is 5.98. The van der Waals surface area contributed by atoms with Crippen molar-refractivity contribution < 1.29 is 10.0 Å². The molecule has 0 saturated heterocycles. The van der Waals surface area contributed by atoms with Crippen molar-refractivity contribution in [2.24, 2.45) is 10.9 Å². The average molecular weight is 159 g/mol. The Labute approximate surface area is 65.5 Å². The van der Waals surface area contributed by atoms with Crippen molar-refractivity contribution in [2.45, 2.75) is 13.3 Å². The van der Waals surface area contributed by atoms with Gasteiger partial charge in [-0.05, 0) is 6.92 Å². The van der Waals surface area contributed by atoms with E-state index in [-0.39, 0.29) is 18.2 Å². The van der Waals surface area contributed by atoms with Crippen molar-refractivity contribution >= 4 is 11.7 Å². The van der Waals surface area contributed by atoms with E-state index in [0.717, 1.165) is 0 Å². The van der Waals surface area contributed by atoms with Gasteiger partial charge in [-0.2, -0.15) is 0 Å². The maximum atomic E-state index is 11.0. The van der Waals surface area contributed by atoms with Crippen LogP contribution in [-0.4, -0.2) is 35.4 Å². The molecule has 0 aromatic rings. The minimum absolute atomic E-state index is 0.0269. The van der Waals surface area contributed by atoms with Gasteiger partial charge in [-0.15, -0.1) is 0 Å². The maximum absolute atomic E-state index is 11.0. The van der Waals surface area contributed by atoms with Crippen LogP contribution in [0, 0.1) is 0 Å². The van der Waals surface area contributed by atoms with Gasteiger partial charge in [0.05, 0.1) is 6.42 Å². The smallest absolute Gasteiger partial charge is 0.230 e. The highest BCUT2D eigenvalue weighted by Crippen LogP contribution is 1.89. The zero-order valence-corrected chi connectivity index (χ0v) is 6.74. The Morgan fingerprint density at radius 2 is 2.27 bits per heavy atom. The molecule has 0 aliphatic heterocycles. The molecule has 5 nitrogen and oxygen atoms in total. The largest absolute Gasteiger partial charge is 0.409 e. The Kier molecular flexibility index (Phi) is 4.02. The lowest BCUT2D eigenvalue weighted by Gasteiger charge is -2.12. The number of hydrogen-bond donors (Lipinski definition) is 2. The second-order valence-electron chi connectivity index (χ2n) is 2.18. The first-order valence-corrected chi connectivity index (χ1v) is 3.32. The number of rotatable bonds is 3. The van der Waals surface area contributed by atoms with E-state index >= 15 is 0 Å². The first-order valence-electron chi connectivity index (χ1n) is 3.32. The maximum Gasteiger partial charge on any atom is 0.230 e. The molecule has 64 valence electrons. The van der Waals surface area contributed by atoms with Crippen molar-refractivity contribution in [3.63, 3.8) is 0 Å². The third-order valence-corrected chi connectivity index (χ3v) is 1.36. The van der Waals surface area contributed by atoms with Crippen LogP contribution in [0.15, 0.2) is 5.16 Å². The average Bonchev–Trinajstić information content (AvgIpc) is 2.02. The lowest BCUT2D eigenvalue weighted by atomic mass is 10.3. The lowest BCUT2D eigenvalue weighted by molar-refractivity contribution is -0.128. The van der Waals surface area contributed by atoms with E-state index in [1.165, 1.54) is 4.90 Å². The molecule has 3 N–H and O–H groups in total. The van der Waals surface area contributed by atoms with Crippen LogP contribution in [0.25, 0.3) is 0 Å². The van der Waals surface area contributed by atoms with Gasteiger partial charge in [-0.1, -0.05) is 5.16 Å². The first kappa shape index (κ1) is 9.74. The van der Waals surface area contributed by atoms with Crippen LogP contribution in [-0.2, 0) is 4.79 Å². The van der Waals surface area contributed by atoms with E-state index in [1.54, 1.807) is 7.05 Å². The van der Waals surface area contributed by atoms with E-state index in [4.69, 9.17) is 10.9 Å². The van der Waals surface area contributed by atoms with E-state index in [9.17, 15) is 4.79 Å². The zero-order chi connectivity index (χ0) is 8.85. The molecule has 0 rings (SSSR count). The standard InChI is InChI=1S/C6H13N3O2/c1-3-9(2)6(10)4-5(7)8-11/h11H,3-4H2,1-2H3,(H2,7,8). The number of amidine groups is 1. The Morgan fingerprint density at radius 1 is 1.73 bits per heavy atom. The molecule has 0 saturated carbocycles. The molecule has 0 fully saturated rings.